The summed E-state index contributed by atoms with van der Waals surface area (Å²) in [5.74, 6) is 0.585. The Morgan fingerprint density at radius 1 is 1.00 bits per heavy atom. The fraction of sp³-hybridized carbons (Fsp3) is 0.606. The average Bonchev–Trinajstić information content (AvgIpc) is 3.39. The van der Waals surface area contributed by atoms with E-state index in [4.69, 9.17) is 9.47 Å². The Bertz CT molecular complexity index is 1280. The van der Waals surface area contributed by atoms with E-state index in [1.165, 1.54) is 0 Å². The molecule has 44 heavy (non-hydrogen) atoms. The second kappa shape index (κ2) is 14.5. The van der Waals surface area contributed by atoms with Crippen LogP contribution in [-0.4, -0.2) is 107 Å². The van der Waals surface area contributed by atoms with Gasteiger partial charge >= 0.3 is 0 Å². The van der Waals surface area contributed by atoms with Crippen LogP contribution in [0.15, 0.2) is 42.6 Å². The second-order valence-electron chi connectivity index (χ2n) is 13.3. The lowest BCUT2D eigenvalue weighted by molar-refractivity contribution is -0.139. The number of aromatic nitrogens is 2. The summed E-state index contributed by atoms with van der Waals surface area (Å²) in [7, 11) is 0. The number of amides is 3. The van der Waals surface area contributed by atoms with Gasteiger partial charge in [0.15, 0.2) is 0 Å². The van der Waals surface area contributed by atoms with Gasteiger partial charge in [0.2, 0.25) is 17.7 Å². The maximum atomic E-state index is 14.0. The molecule has 2 atom stereocenters. The summed E-state index contributed by atoms with van der Waals surface area (Å²) in [5, 5.41) is 3.11. The van der Waals surface area contributed by atoms with E-state index in [1.54, 1.807) is 24.4 Å². The summed E-state index contributed by atoms with van der Waals surface area (Å²) in [6.45, 7) is 10.8. The second-order valence-corrected chi connectivity index (χ2v) is 13.3. The van der Waals surface area contributed by atoms with Crippen LogP contribution in [0, 0.1) is 11.3 Å². The van der Waals surface area contributed by atoms with Crippen molar-refractivity contribution < 1.29 is 23.9 Å². The first-order chi connectivity index (χ1) is 21.1. The first kappa shape index (κ1) is 31.8. The van der Waals surface area contributed by atoms with Crippen molar-refractivity contribution in [3.63, 3.8) is 0 Å². The highest BCUT2D eigenvalue weighted by Gasteiger charge is 2.40. The quantitative estimate of drug-likeness (QED) is 0.531. The van der Waals surface area contributed by atoms with Gasteiger partial charge in [-0.1, -0.05) is 32.9 Å². The molecule has 238 valence electrons. The molecule has 0 saturated carbocycles. The Balaban J connectivity index is 1.34. The van der Waals surface area contributed by atoms with E-state index < -0.39 is 0 Å². The van der Waals surface area contributed by atoms with Crippen LogP contribution < -0.4 is 10.1 Å². The van der Waals surface area contributed by atoms with Crippen LogP contribution in [0.1, 0.15) is 62.6 Å². The summed E-state index contributed by atoms with van der Waals surface area (Å²) >= 11 is 0. The van der Waals surface area contributed by atoms with E-state index >= 15 is 0 Å². The molecule has 4 aliphatic heterocycles. The van der Waals surface area contributed by atoms with Crippen LogP contribution in [0.4, 0.5) is 0 Å². The van der Waals surface area contributed by atoms with Crippen molar-refractivity contribution >= 4 is 17.7 Å². The molecular weight excluding hydrogens is 560 g/mol. The highest BCUT2D eigenvalue weighted by Crippen LogP contribution is 2.27. The minimum Gasteiger partial charge on any atom is -0.475 e. The zero-order chi connectivity index (χ0) is 31.1. The lowest BCUT2D eigenvalue weighted by Gasteiger charge is -2.37. The number of likely N-dealkylation sites (tertiary alicyclic amines) is 1. The number of carbonyl (C=O) groups excluding carboxylic acids is 3. The van der Waals surface area contributed by atoms with E-state index in [1.807, 2.05) is 28.0 Å². The number of carbonyl (C=O) groups is 3. The first-order valence-electron chi connectivity index (χ1n) is 15.8. The topological polar surface area (TPSA) is 117 Å². The van der Waals surface area contributed by atoms with Crippen molar-refractivity contribution in [2.75, 3.05) is 52.5 Å². The van der Waals surface area contributed by atoms with Crippen molar-refractivity contribution in [3.8, 4) is 5.88 Å². The maximum Gasteiger partial charge on any atom is 0.270 e. The summed E-state index contributed by atoms with van der Waals surface area (Å²) in [4.78, 5) is 55.4. The van der Waals surface area contributed by atoms with Crippen LogP contribution >= 0.6 is 0 Å². The van der Waals surface area contributed by atoms with Crippen molar-refractivity contribution in [2.24, 2.45) is 11.3 Å². The molecule has 11 nitrogen and oxygen atoms in total. The number of nitrogens with zero attached hydrogens (tertiary/aromatic N) is 5. The molecule has 0 aliphatic carbocycles. The molecule has 0 aromatic carbocycles. The number of piperidine rings is 1. The van der Waals surface area contributed by atoms with E-state index in [0.717, 1.165) is 18.5 Å². The molecule has 6 rings (SSSR count). The first-order valence-corrected chi connectivity index (χ1v) is 15.8. The van der Waals surface area contributed by atoms with Gasteiger partial charge in [0.25, 0.3) is 5.91 Å². The van der Waals surface area contributed by atoms with Crippen molar-refractivity contribution in [3.05, 3.63) is 54.0 Å². The van der Waals surface area contributed by atoms with Gasteiger partial charge in [-0.25, -0.2) is 4.98 Å². The molecule has 6 bridgehead atoms. The molecule has 2 fully saturated rings. The zero-order valence-electron chi connectivity index (χ0n) is 26.2. The molecule has 3 amide bonds. The number of pyridine rings is 2. The van der Waals surface area contributed by atoms with Crippen molar-refractivity contribution in [1.29, 1.82) is 0 Å². The Morgan fingerprint density at radius 3 is 2.57 bits per heavy atom. The summed E-state index contributed by atoms with van der Waals surface area (Å²) in [6.07, 6.45) is 4.42. The molecule has 2 saturated heterocycles. The van der Waals surface area contributed by atoms with Gasteiger partial charge < -0.3 is 24.6 Å². The van der Waals surface area contributed by atoms with E-state index in [-0.39, 0.29) is 47.5 Å². The molecule has 1 N–H and O–H groups in total. The molecule has 2 aromatic heterocycles. The Kier molecular flexibility index (Phi) is 10.5. The maximum absolute atomic E-state index is 14.0. The molecule has 0 spiro atoms. The average molecular weight is 607 g/mol. The van der Waals surface area contributed by atoms with Gasteiger partial charge in [0.05, 0.1) is 24.9 Å². The molecule has 11 heteroatoms. The summed E-state index contributed by atoms with van der Waals surface area (Å²) < 4.78 is 11.6. The van der Waals surface area contributed by atoms with E-state index in [9.17, 15) is 14.4 Å². The molecule has 6 heterocycles. The Labute approximate surface area is 260 Å². The van der Waals surface area contributed by atoms with Gasteiger partial charge in [-0.3, -0.25) is 24.3 Å². The largest absolute Gasteiger partial charge is 0.475 e. The normalized spacial score (nSPS) is 24.4. The molecular formula is C33H46N6O5. The fourth-order valence-electron chi connectivity index (χ4n) is 6.24. The predicted molar refractivity (Wildman–Crippen MR) is 165 cm³/mol. The number of fused-ring (bicyclic) bond motifs is 10. The number of hydrogen-bond acceptors (Lipinski definition) is 8. The van der Waals surface area contributed by atoms with Gasteiger partial charge in [-0.2, -0.15) is 0 Å². The summed E-state index contributed by atoms with van der Waals surface area (Å²) in [5.41, 5.74) is 1.03. The number of rotatable bonds is 3. The monoisotopic (exact) mass is 606 g/mol. The van der Waals surface area contributed by atoms with Crippen LogP contribution in [0.2, 0.25) is 0 Å². The van der Waals surface area contributed by atoms with E-state index in [2.05, 4.69) is 41.0 Å². The molecule has 4 aliphatic rings. The SMILES string of the molecule is CC(C)(C)CC(=O)N1CCOCCOc2cccc(n2)C(=O)N[C@@H]2C[C@@H](C(=O)N3CCC(CC3)C1)N(Cc1ccccn1)C2. The molecule has 0 unspecified atom stereocenters. The number of ether oxygens (including phenoxy) is 2. The Morgan fingerprint density at radius 2 is 1.82 bits per heavy atom. The van der Waals surface area contributed by atoms with Crippen molar-refractivity contribution in [1.82, 2.24) is 30.0 Å². The highest BCUT2D eigenvalue weighted by molar-refractivity contribution is 5.92. The predicted octanol–water partition coefficient (Wildman–Crippen LogP) is 2.76. The minimum atomic E-state index is -0.363. The van der Waals surface area contributed by atoms with Gasteiger partial charge in [0.1, 0.15) is 12.3 Å². The third-order valence-electron chi connectivity index (χ3n) is 8.49. The summed E-state index contributed by atoms with van der Waals surface area (Å²) in [6, 6.07) is 10.3. The zero-order valence-corrected chi connectivity index (χ0v) is 26.2. The van der Waals surface area contributed by atoms with Crippen LogP contribution in [0.5, 0.6) is 5.88 Å². The molecule has 2 aromatic rings. The standard InChI is InChI=1S/C33H46N6O5/c1-33(2,3)20-30(40)38-15-16-43-17-18-44-29-9-6-8-27(36-29)31(41)35-26-19-28(32(42)37-13-10-24(21-38)11-14-37)39(23-26)22-25-7-4-5-12-34-25/h4-9,12,24,26,28H,10-11,13-23H2,1-3H3,(H,35,41)/t26-,28+/m1/s1. The van der Waals surface area contributed by atoms with Gasteiger partial charge in [-0.05, 0) is 48.8 Å². The van der Waals surface area contributed by atoms with Crippen LogP contribution in [0.25, 0.3) is 0 Å². The number of hydrogen-bond donors (Lipinski definition) is 1. The van der Waals surface area contributed by atoms with Gasteiger partial charge in [0, 0.05) is 64.0 Å². The van der Waals surface area contributed by atoms with Crippen LogP contribution in [-0.2, 0) is 20.9 Å². The Hall–Kier alpha value is -3.57. The third kappa shape index (κ3) is 8.75. The minimum absolute atomic E-state index is 0.0876. The van der Waals surface area contributed by atoms with Gasteiger partial charge in [-0.15, -0.1) is 0 Å². The smallest absolute Gasteiger partial charge is 0.270 e. The fourth-order valence-corrected chi connectivity index (χ4v) is 6.24. The highest BCUT2D eigenvalue weighted by atomic mass is 16.5. The van der Waals surface area contributed by atoms with Crippen molar-refractivity contribution in [2.45, 2.75) is 65.1 Å². The molecule has 0 radical (unpaired) electrons. The lowest BCUT2D eigenvalue weighted by atomic mass is 9.90. The number of nitrogens with one attached hydrogen (secondary N) is 1. The van der Waals surface area contributed by atoms with Crippen LogP contribution in [0.3, 0.4) is 0 Å². The van der Waals surface area contributed by atoms with E-state index in [0.29, 0.717) is 77.1 Å². The third-order valence-corrected chi connectivity index (χ3v) is 8.49. The lowest BCUT2D eigenvalue weighted by Crippen LogP contribution is -2.49.